The van der Waals surface area contributed by atoms with Crippen molar-refractivity contribution in [2.75, 3.05) is 5.32 Å². The molecule has 0 spiro atoms. The molecule has 0 saturated heterocycles. The minimum atomic E-state index is -0.559. The van der Waals surface area contributed by atoms with Crippen molar-refractivity contribution < 1.29 is 19.5 Å². The predicted molar refractivity (Wildman–Crippen MR) is 54.2 cm³/mol. The lowest BCUT2D eigenvalue weighted by atomic mass is 10.1. The summed E-state index contributed by atoms with van der Waals surface area (Å²) >= 11 is 0. The first-order valence-electron chi connectivity index (χ1n) is 4.40. The minimum absolute atomic E-state index is 0.0267. The topological polar surface area (TPSA) is 95.6 Å². The third kappa shape index (κ3) is 1.81. The van der Waals surface area contributed by atoms with Crippen LogP contribution in [0.2, 0.25) is 0 Å². The van der Waals surface area contributed by atoms with Crippen LogP contribution in [0.4, 0.5) is 5.69 Å². The standard InChI is InChI=1S/C10H8N2O4/c13-8-3-1-2-7(9(8)14)10(15)12-6-4-11-16-5-6/h1-5,13-14H,(H,12,15). The molecule has 82 valence electrons. The summed E-state index contributed by atoms with van der Waals surface area (Å²) in [6, 6.07) is 4.13. The van der Waals surface area contributed by atoms with Crippen molar-refractivity contribution in [3.05, 3.63) is 36.2 Å². The maximum atomic E-state index is 11.6. The maximum absolute atomic E-state index is 11.6. The van der Waals surface area contributed by atoms with E-state index in [2.05, 4.69) is 15.0 Å². The number of nitrogens with one attached hydrogen (secondary N) is 1. The van der Waals surface area contributed by atoms with Crippen LogP contribution in [0.5, 0.6) is 11.5 Å². The number of hydrogen-bond donors (Lipinski definition) is 3. The van der Waals surface area contributed by atoms with E-state index in [0.29, 0.717) is 5.69 Å². The summed E-state index contributed by atoms with van der Waals surface area (Å²) < 4.78 is 4.53. The number of phenols is 2. The molecule has 1 amide bonds. The van der Waals surface area contributed by atoms with Crippen LogP contribution in [0.3, 0.4) is 0 Å². The number of aromatic nitrogens is 1. The number of carbonyl (C=O) groups excluding carboxylic acids is 1. The predicted octanol–water partition coefficient (Wildman–Crippen LogP) is 1.34. The molecule has 0 fully saturated rings. The number of anilines is 1. The van der Waals surface area contributed by atoms with Gasteiger partial charge in [-0.25, -0.2) is 0 Å². The zero-order valence-corrected chi connectivity index (χ0v) is 8.04. The van der Waals surface area contributed by atoms with E-state index in [0.717, 1.165) is 0 Å². The van der Waals surface area contributed by atoms with Gasteiger partial charge in [-0.15, -0.1) is 0 Å². The Balaban J connectivity index is 2.24. The van der Waals surface area contributed by atoms with Crippen molar-refractivity contribution in [3.8, 4) is 11.5 Å². The highest BCUT2D eigenvalue weighted by molar-refractivity contribution is 6.06. The van der Waals surface area contributed by atoms with Gasteiger partial charge in [0.25, 0.3) is 5.91 Å². The molecule has 6 heteroatoms. The highest BCUT2D eigenvalue weighted by atomic mass is 16.5. The number of carbonyl (C=O) groups is 1. The normalized spacial score (nSPS) is 10.0. The van der Waals surface area contributed by atoms with Gasteiger partial charge in [0, 0.05) is 0 Å². The average molecular weight is 220 g/mol. The summed E-state index contributed by atoms with van der Waals surface area (Å²) in [7, 11) is 0. The van der Waals surface area contributed by atoms with Gasteiger partial charge in [-0.05, 0) is 12.1 Å². The summed E-state index contributed by atoms with van der Waals surface area (Å²) in [6.07, 6.45) is 2.56. The summed E-state index contributed by atoms with van der Waals surface area (Å²) in [5.74, 6) is -1.37. The largest absolute Gasteiger partial charge is 0.504 e. The number of para-hydroxylation sites is 1. The smallest absolute Gasteiger partial charge is 0.259 e. The maximum Gasteiger partial charge on any atom is 0.259 e. The molecule has 3 N–H and O–H groups in total. The molecule has 0 aliphatic carbocycles. The van der Waals surface area contributed by atoms with Gasteiger partial charge >= 0.3 is 0 Å². The van der Waals surface area contributed by atoms with Gasteiger partial charge < -0.3 is 20.1 Å². The van der Waals surface area contributed by atoms with Crippen LogP contribution in [0.1, 0.15) is 10.4 Å². The number of amides is 1. The molecule has 0 aliphatic heterocycles. The quantitative estimate of drug-likeness (QED) is 0.663. The summed E-state index contributed by atoms with van der Waals surface area (Å²) in [5, 5.41) is 24.5. The van der Waals surface area contributed by atoms with Crippen molar-refractivity contribution in [1.29, 1.82) is 0 Å². The van der Waals surface area contributed by atoms with E-state index in [1.54, 1.807) is 0 Å². The van der Waals surface area contributed by atoms with Crippen molar-refractivity contribution in [2.45, 2.75) is 0 Å². The Hall–Kier alpha value is -2.50. The van der Waals surface area contributed by atoms with Gasteiger partial charge in [-0.3, -0.25) is 4.79 Å². The van der Waals surface area contributed by atoms with Crippen LogP contribution in [0.15, 0.2) is 35.2 Å². The second kappa shape index (κ2) is 3.93. The Morgan fingerprint density at radius 1 is 1.38 bits per heavy atom. The number of aromatic hydroxyl groups is 2. The van der Waals surface area contributed by atoms with Gasteiger partial charge in [0.1, 0.15) is 12.0 Å². The molecule has 1 aromatic carbocycles. The Bertz CT molecular complexity index is 508. The molecule has 0 radical (unpaired) electrons. The number of hydrogen-bond acceptors (Lipinski definition) is 5. The van der Waals surface area contributed by atoms with Crippen LogP contribution in [0, 0.1) is 0 Å². The van der Waals surface area contributed by atoms with E-state index < -0.39 is 11.7 Å². The van der Waals surface area contributed by atoms with Crippen molar-refractivity contribution >= 4 is 11.6 Å². The van der Waals surface area contributed by atoms with Crippen molar-refractivity contribution in [3.63, 3.8) is 0 Å². The summed E-state index contributed by atoms with van der Waals surface area (Å²) in [6.45, 7) is 0. The first-order valence-corrected chi connectivity index (χ1v) is 4.40. The first kappa shape index (κ1) is 10.0. The van der Waals surface area contributed by atoms with E-state index in [-0.39, 0.29) is 11.3 Å². The zero-order chi connectivity index (χ0) is 11.5. The fourth-order valence-corrected chi connectivity index (χ4v) is 1.18. The summed E-state index contributed by atoms with van der Waals surface area (Å²) in [4.78, 5) is 11.6. The molecule has 0 bridgehead atoms. The van der Waals surface area contributed by atoms with Gasteiger partial charge in [0.15, 0.2) is 11.5 Å². The van der Waals surface area contributed by atoms with E-state index in [9.17, 15) is 15.0 Å². The van der Waals surface area contributed by atoms with E-state index in [1.165, 1.54) is 30.7 Å². The van der Waals surface area contributed by atoms with E-state index in [1.807, 2.05) is 0 Å². The highest BCUT2D eigenvalue weighted by Crippen LogP contribution is 2.28. The first-order chi connectivity index (χ1) is 7.68. The number of nitrogens with zero attached hydrogens (tertiary/aromatic N) is 1. The average Bonchev–Trinajstić information content (AvgIpc) is 2.74. The van der Waals surface area contributed by atoms with Crippen LogP contribution < -0.4 is 5.32 Å². The number of benzene rings is 1. The number of rotatable bonds is 2. The molecule has 1 heterocycles. The molecule has 2 aromatic rings. The van der Waals surface area contributed by atoms with E-state index in [4.69, 9.17) is 0 Å². The fraction of sp³-hybridized carbons (Fsp3) is 0. The molecule has 16 heavy (non-hydrogen) atoms. The van der Waals surface area contributed by atoms with Gasteiger partial charge in [0.2, 0.25) is 0 Å². The Morgan fingerprint density at radius 3 is 2.88 bits per heavy atom. The van der Waals surface area contributed by atoms with Crippen LogP contribution >= 0.6 is 0 Å². The molecule has 2 rings (SSSR count). The van der Waals surface area contributed by atoms with Crippen LogP contribution in [0.25, 0.3) is 0 Å². The molecule has 6 nitrogen and oxygen atoms in total. The molecule has 0 aliphatic rings. The second-order valence-electron chi connectivity index (χ2n) is 3.04. The van der Waals surface area contributed by atoms with Gasteiger partial charge in [0.05, 0.1) is 11.8 Å². The van der Waals surface area contributed by atoms with Crippen LogP contribution in [-0.2, 0) is 0 Å². The van der Waals surface area contributed by atoms with Crippen molar-refractivity contribution in [1.82, 2.24) is 5.16 Å². The lowest BCUT2D eigenvalue weighted by Gasteiger charge is -2.05. The molecule has 0 saturated carbocycles. The SMILES string of the molecule is O=C(Nc1cnoc1)c1cccc(O)c1O. The molecular formula is C10H8N2O4. The molecule has 0 atom stereocenters. The second-order valence-corrected chi connectivity index (χ2v) is 3.04. The Labute approximate surface area is 90.1 Å². The summed E-state index contributed by atoms with van der Waals surface area (Å²) in [5.41, 5.74) is 0.342. The lowest BCUT2D eigenvalue weighted by Crippen LogP contribution is -2.11. The lowest BCUT2D eigenvalue weighted by molar-refractivity contribution is 0.102. The number of phenolic OH excluding ortho intramolecular Hbond substituents is 2. The Morgan fingerprint density at radius 2 is 2.19 bits per heavy atom. The van der Waals surface area contributed by atoms with Crippen LogP contribution in [-0.4, -0.2) is 21.3 Å². The van der Waals surface area contributed by atoms with E-state index >= 15 is 0 Å². The fourth-order valence-electron chi connectivity index (χ4n) is 1.18. The third-order valence-corrected chi connectivity index (χ3v) is 1.95. The van der Waals surface area contributed by atoms with Crippen molar-refractivity contribution in [2.24, 2.45) is 0 Å². The highest BCUT2D eigenvalue weighted by Gasteiger charge is 2.14. The minimum Gasteiger partial charge on any atom is -0.504 e. The van der Waals surface area contributed by atoms with Gasteiger partial charge in [-0.1, -0.05) is 11.2 Å². The van der Waals surface area contributed by atoms with Gasteiger partial charge in [-0.2, -0.15) is 0 Å². The molecule has 1 aromatic heterocycles. The Kier molecular flexibility index (Phi) is 2.47. The molecular weight excluding hydrogens is 212 g/mol. The zero-order valence-electron chi connectivity index (χ0n) is 8.04. The molecule has 0 unspecified atom stereocenters. The monoisotopic (exact) mass is 220 g/mol. The third-order valence-electron chi connectivity index (χ3n) is 1.95.